The molecule has 2 N–H and O–H groups in total. The van der Waals surface area contributed by atoms with E-state index in [1.54, 1.807) is 18.2 Å². The minimum absolute atomic E-state index is 0.141. The molecule has 0 saturated heterocycles. The molecule has 0 heterocycles. The molecule has 0 bridgehead atoms. The molecule has 1 aromatic carbocycles. The molecule has 1 fully saturated rings. The summed E-state index contributed by atoms with van der Waals surface area (Å²) in [5.74, 6) is -1.23. The number of halogens is 2. The van der Waals surface area contributed by atoms with Gasteiger partial charge in [0.25, 0.3) is 0 Å². The highest BCUT2D eigenvalue weighted by Crippen LogP contribution is 2.45. The van der Waals surface area contributed by atoms with E-state index in [1.165, 1.54) is 12.2 Å². The number of carbonyl (C=O) groups is 2. The van der Waals surface area contributed by atoms with Crippen molar-refractivity contribution in [3.05, 3.63) is 39.9 Å². The summed E-state index contributed by atoms with van der Waals surface area (Å²) in [6.45, 7) is 0.141. The Morgan fingerprint density at radius 2 is 1.90 bits per heavy atom. The third kappa shape index (κ3) is 3.32. The van der Waals surface area contributed by atoms with Crippen molar-refractivity contribution in [2.75, 3.05) is 6.54 Å². The minimum atomic E-state index is -0.865. The summed E-state index contributed by atoms with van der Waals surface area (Å²) in [4.78, 5) is 22.6. The fourth-order valence-electron chi connectivity index (χ4n) is 1.76. The zero-order valence-corrected chi connectivity index (χ0v) is 12.0. The molecule has 0 aliphatic heterocycles. The third-order valence-corrected chi connectivity index (χ3v) is 3.97. The molecule has 1 saturated carbocycles. The summed E-state index contributed by atoms with van der Waals surface area (Å²) >= 11 is 11.9. The average Bonchev–Trinajstić information content (AvgIpc) is 3.17. The van der Waals surface area contributed by atoms with E-state index < -0.39 is 11.4 Å². The van der Waals surface area contributed by atoms with Gasteiger partial charge in [-0.2, -0.15) is 0 Å². The highest BCUT2D eigenvalue weighted by Gasteiger charge is 2.50. The van der Waals surface area contributed by atoms with Gasteiger partial charge in [-0.05, 0) is 31.1 Å². The fraction of sp³-hybridized carbons (Fsp3) is 0.286. The second-order valence-electron chi connectivity index (χ2n) is 4.77. The van der Waals surface area contributed by atoms with Gasteiger partial charge in [0, 0.05) is 28.2 Å². The van der Waals surface area contributed by atoms with Crippen LogP contribution in [-0.2, 0) is 9.59 Å². The molecule has 1 aliphatic rings. The van der Waals surface area contributed by atoms with Crippen LogP contribution in [0.5, 0.6) is 0 Å². The zero-order valence-electron chi connectivity index (χ0n) is 10.5. The van der Waals surface area contributed by atoms with Gasteiger partial charge in [0.15, 0.2) is 0 Å². The van der Waals surface area contributed by atoms with Gasteiger partial charge in [0.1, 0.15) is 0 Å². The molecule has 0 unspecified atom stereocenters. The Bertz CT molecular complexity index is 560. The number of rotatable bonds is 5. The maximum absolute atomic E-state index is 11.7. The maximum Gasteiger partial charge on any atom is 0.311 e. The number of nitrogens with one attached hydrogen (secondary N) is 1. The monoisotopic (exact) mass is 313 g/mol. The lowest BCUT2D eigenvalue weighted by Gasteiger charge is -2.09. The Hall–Kier alpha value is -1.52. The molecule has 6 heteroatoms. The van der Waals surface area contributed by atoms with Gasteiger partial charge >= 0.3 is 5.97 Å². The first-order chi connectivity index (χ1) is 9.44. The van der Waals surface area contributed by atoms with Crippen LogP contribution in [-0.4, -0.2) is 23.5 Å². The van der Waals surface area contributed by atoms with E-state index in [1.807, 2.05) is 0 Å². The van der Waals surface area contributed by atoms with Crippen molar-refractivity contribution in [3.8, 4) is 0 Å². The van der Waals surface area contributed by atoms with Crippen LogP contribution in [0.25, 0.3) is 6.08 Å². The van der Waals surface area contributed by atoms with Gasteiger partial charge in [-0.25, -0.2) is 0 Å². The number of carboxylic acid groups (broad SMARTS) is 1. The third-order valence-electron chi connectivity index (χ3n) is 3.31. The second kappa shape index (κ2) is 5.85. The van der Waals surface area contributed by atoms with Crippen LogP contribution in [0, 0.1) is 5.41 Å². The van der Waals surface area contributed by atoms with Crippen LogP contribution < -0.4 is 5.32 Å². The van der Waals surface area contributed by atoms with Gasteiger partial charge in [-0.15, -0.1) is 0 Å². The summed E-state index contributed by atoms with van der Waals surface area (Å²) in [6.07, 6.45) is 4.01. The van der Waals surface area contributed by atoms with Gasteiger partial charge in [-0.1, -0.05) is 29.3 Å². The Morgan fingerprint density at radius 1 is 1.30 bits per heavy atom. The first-order valence-electron chi connectivity index (χ1n) is 6.08. The molecule has 1 aromatic rings. The number of hydrogen-bond acceptors (Lipinski definition) is 2. The number of aliphatic carboxylic acids is 1. The molecule has 1 aliphatic carbocycles. The lowest BCUT2D eigenvalue weighted by Crippen LogP contribution is -2.33. The van der Waals surface area contributed by atoms with Crippen LogP contribution in [0.3, 0.4) is 0 Å². The van der Waals surface area contributed by atoms with Crippen LogP contribution in [0.2, 0.25) is 10.0 Å². The van der Waals surface area contributed by atoms with Crippen molar-refractivity contribution >= 4 is 41.2 Å². The zero-order chi connectivity index (χ0) is 14.8. The minimum Gasteiger partial charge on any atom is -0.481 e. The van der Waals surface area contributed by atoms with Gasteiger partial charge in [-0.3, -0.25) is 9.59 Å². The first kappa shape index (κ1) is 14.9. The van der Waals surface area contributed by atoms with E-state index in [0.717, 1.165) is 0 Å². The molecule has 0 radical (unpaired) electrons. The molecule has 106 valence electrons. The van der Waals surface area contributed by atoms with Gasteiger partial charge in [0.05, 0.1) is 5.41 Å². The number of hydrogen-bond donors (Lipinski definition) is 2. The highest BCUT2D eigenvalue weighted by atomic mass is 35.5. The molecule has 0 atom stereocenters. The van der Waals surface area contributed by atoms with E-state index in [-0.39, 0.29) is 12.5 Å². The summed E-state index contributed by atoms with van der Waals surface area (Å²) in [6, 6.07) is 5.06. The Kier molecular flexibility index (Phi) is 4.35. The molecule has 2 rings (SSSR count). The van der Waals surface area contributed by atoms with Gasteiger partial charge < -0.3 is 10.4 Å². The first-order valence-corrected chi connectivity index (χ1v) is 6.83. The quantitative estimate of drug-likeness (QED) is 0.821. The van der Waals surface area contributed by atoms with Crippen molar-refractivity contribution in [1.82, 2.24) is 5.32 Å². The number of benzene rings is 1. The topological polar surface area (TPSA) is 66.4 Å². The molecular formula is C14H13Cl2NO3. The molecule has 0 aromatic heterocycles. The molecule has 20 heavy (non-hydrogen) atoms. The fourth-order valence-corrected chi connectivity index (χ4v) is 2.28. The van der Waals surface area contributed by atoms with Crippen LogP contribution in [0.4, 0.5) is 0 Å². The molecular weight excluding hydrogens is 301 g/mol. The SMILES string of the molecule is O=C(/C=C/c1c(Cl)cccc1Cl)NCC1(C(=O)O)CC1. The summed E-state index contributed by atoms with van der Waals surface area (Å²) < 4.78 is 0. The van der Waals surface area contributed by atoms with E-state index in [4.69, 9.17) is 28.3 Å². The lowest BCUT2D eigenvalue weighted by molar-refractivity contribution is -0.143. The van der Waals surface area contributed by atoms with Crippen molar-refractivity contribution in [1.29, 1.82) is 0 Å². The van der Waals surface area contributed by atoms with Gasteiger partial charge in [0.2, 0.25) is 5.91 Å². The van der Waals surface area contributed by atoms with Crippen LogP contribution >= 0.6 is 23.2 Å². The smallest absolute Gasteiger partial charge is 0.311 e. The Balaban J connectivity index is 1.95. The molecule has 1 amide bonds. The summed E-state index contributed by atoms with van der Waals surface area (Å²) in [5, 5.41) is 12.5. The Morgan fingerprint density at radius 3 is 2.40 bits per heavy atom. The van der Waals surface area contributed by atoms with Crippen molar-refractivity contribution < 1.29 is 14.7 Å². The van der Waals surface area contributed by atoms with E-state index >= 15 is 0 Å². The van der Waals surface area contributed by atoms with E-state index in [9.17, 15) is 9.59 Å². The number of carboxylic acids is 1. The normalized spacial score (nSPS) is 16.1. The van der Waals surface area contributed by atoms with Crippen molar-refractivity contribution in [2.24, 2.45) is 5.41 Å². The highest BCUT2D eigenvalue weighted by molar-refractivity contribution is 6.37. The van der Waals surface area contributed by atoms with Crippen LogP contribution in [0.15, 0.2) is 24.3 Å². The predicted molar refractivity (Wildman–Crippen MR) is 77.8 cm³/mol. The van der Waals surface area contributed by atoms with Crippen molar-refractivity contribution in [3.63, 3.8) is 0 Å². The number of carbonyl (C=O) groups excluding carboxylic acids is 1. The second-order valence-corrected chi connectivity index (χ2v) is 5.59. The Labute approximate surface area is 126 Å². The van der Waals surface area contributed by atoms with Crippen molar-refractivity contribution in [2.45, 2.75) is 12.8 Å². The summed E-state index contributed by atoms with van der Waals surface area (Å²) in [5.41, 5.74) is -0.212. The van der Waals surface area contributed by atoms with Crippen LogP contribution in [0.1, 0.15) is 18.4 Å². The average molecular weight is 314 g/mol. The largest absolute Gasteiger partial charge is 0.481 e. The lowest BCUT2D eigenvalue weighted by atomic mass is 10.1. The molecule has 0 spiro atoms. The van der Waals surface area contributed by atoms with E-state index in [0.29, 0.717) is 28.5 Å². The standard InChI is InChI=1S/C14H13Cl2NO3/c15-10-2-1-3-11(16)9(10)4-5-12(18)17-8-14(6-7-14)13(19)20/h1-5H,6-8H2,(H,17,18)(H,19,20)/b5-4+. The number of amides is 1. The maximum atomic E-state index is 11.7. The predicted octanol–water partition coefficient (Wildman–Crippen LogP) is 2.99. The summed E-state index contributed by atoms with van der Waals surface area (Å²) in [7, 11) is 0. The van der Waals surface area contributed by atoms with E-state index in [2.05, 4.69) is 5.32 Å². The molecule has 4 nitrogen and oxygen atoms in total.